The minimum Gasteiger partial charge on any atom is -0.374 e. The Morgan fingerprint density at radius 3 is 2.41 bits per heavy atom. The van der Waals surface area contributed by atoms with Crippen LogP contribution in [0.2, 0.25) is 0 Å². The van der Waals surface area contributed by atoms with Gasteiger partial charge in [-0.05, 0) is 32.6 Å². The van der Waals surface area contributed by atoms with Crippen LogP contribution in [0, 0.1) is 11.8 Å². The van der Waals surface area contributed by atoms with E-state index in [0.717, 1.165) is 12.8 Å². The van der Waals surface area contributed by atoms with E-state index in [2.05, 4.69) is 35.1 Å². The van der Waals surface area contributed by atoms with Gasteiger partial charge in [0.2, 0.25) is 5.91 Å². The largest absolute Gasteiger partial charge is 0.374 e. The van der Waals surface area contributed by atoms with Gasteiger partial charge in [-0.15, -0.1) is 0 Å². The van der Waals surface area contributed by atoms with Crippen molar-refractivity contribution in [1.82, 2.24) is 5.32 Å². The maximum Gasteiger partial charge on any atom is 0.226 e. The molecule has 4 heteroatoms. The molecule has 0 aromatic rings. The minimum atomic E-state index is 0.00491. The van der Waals surface area contributed by atoms with Crippen LogP contribution in [0.15, 0.2) is 0 Å². The molecule has 1 N–H and O–H groups in total. The van der Waals surface area contributed by atoms with Crippen molar-refractivity contribution in [3.63, 3.8) is 0 Å². The van der Waals surface area contributed by atoms with Crippen LogP contribution in [0.5, 0.6) is 0 Å². The molecule has 1 heterocycles. The summed E-state index contributed by atoms with van der Waals surface area (Å²) in [5.41, 5.74) is 0. The molecule has 2 aliphatic rings. The lowest BCUT2D eigenvalue weighted by atomic mass is 9.88. The molecule has 1 saturated carbocycles. The van der Waals surface area contributed by atoms with E-state index in [1.165, 1.54) is 6.42 Å². The number of carbonyl (C=O) groups excluding carboxylic acids is 1. The van der Waals surface area contributed by atoms with Crippen molar-refractivity contribution in [3.05, 3.63) is 0 Å². The number of ether oxygens (including phenoxy) is 1. The van der Waals surface area contributed by atoms with E-state index in [1.807, 2.05) is 6.92 Å². The first-order valence-corrected chi connectivity index (χ1v) is 7.52. The summed E-state index contributed by atoms with van der Waals surface area (Å²) in [4.78, 5) is 12.7. The lowest BCUT2D eigenvalue weighted by Gasteiger charge is -2.22. The van der Waals surface area contributed by atoms with Gasteiger partial charge in [0.1, 0.15) is 0 Å². The first-order valence-electron chi connectivity index (χ1n) is 6.60. The van der Waals surface area contributed by atoms with E-state index in [9.17, 15) is 4.79 Å². The molecule has 1 saturated heterocycles. The maximum absolute atomic E-state index is 12.3. The number of rotatable bonds is 2. The molecule has 3 nitrogen and oxygen atoms in total. The van der Waals surface area contributed by atoms with Crippen molar-refractivity contribution in [2.45, 2.75) is 63.1 Å². The fourth-order valence-electron chi connectivity index (χ4n) is 3.07. The number of carbonyl (C=O) groups is 1. The Kier molecular flexibility index (Phi) is 4.14. The summed E-state index contributed by atoms with van der Waals surface area (Å²) in [5.74, 6) is 0.483. The third-order valence-electron chi connectivity index (χ3n) is 4.30. The molecule has 6 unspecified atom stereocenters. The Morgan fingerprint density at radius 1 is 1.24 bits per heavy atom. The molecular weight excluding hydrogens is 282 g/mol. The van der Waals surface area contributed by atoms with E-state index in [1.54, 1.807) is 0 Å². The third kappa shape index (κ3) is 2.68. The molecule has 6 atom stereocenters. The highest BCUT2D eigenvalue weighted by atomic mass is 79.9. The van der Waals surface area contributed by atoms with Gasteiger partial charge >= 0.3 is 0 Å². The van der Waals surface area contributed by atoms with Crippen LogP contribution in [0.3, 0.4) is 0 Å². The predicted octanol–water partition coefficient (Wildman–Crippen LogP) is 2.48. The summed E-state index contributed by atoms with van der Waals surface area (Å²) in [5, 5.41) is 3.19. The summed E-state index contributed by atoms with van der Waals surface area (Å²) in [6, 6.07) is 0.304. The third-order valence-corrected chi connectivity index (χ3v) is 5.40. The van der Waals surface area contributed by atoms with Gasteiger partial charge in [0.15, 0.2) is 0 Å². The summed E-state index contributed by atoms with van der Waals surface area (Å²) in [6.45, 7) is 6.17. The quantitative estimate of drug-likeness (QED) is 0.796. The molecule has 1 amide bonds. The average molecular weight is 304 g/mol. The van der Waals surface area contributed by atoms with Crippen LogP contribution in [0.25, 0.3) is 0 Å². The van der Waals surface area contributed by atoms with Crippen LogP contribution in [0.4, 0.5) is 0 Å². The van der Waals surface area contributed by atoms with Gasteiger partial charge < -0.3 is 10.1 Å². The number of alkyl halides is 1. The van der Waals surface area contributed by atoms with Gasteiger partial charge in [-0.3, -0.25) is 4.79 Å². The monoisotopic (exact) mass is 303 g/mol. The Hall–Kier alpha value is -0.0900. The van der Waals surface area contributed by atoms with Crippen LogP contribution in [-0.4, -0.2) is 29.0 Å². The van der Waals surface area contributed by atoms with Crippen molar-refractivity contribution in [2.24, 2.45) is 11.8 Å². The highest BCUT2D eigenvalue weighted by Crippen LogP contribution is 2.33. The fourth-order valence-corrected chi connectivity index (χ4v) is 3.80. The van der Waals surface area contributed by atoms with Crippen LogP contribution in [-0.2, 0) is 9.53 Å². The van der Waals surface area contributed by atoms with E-state index in [0.29, 0.717) is 16.8 Å². The number of amides is 1. The highest BCUT2D eigenvalue weighted by molar-refractivity contribution is 9.09. The molecule has 0 radical (unpaired) electrons. The summed E-state index contributed by atoms with van der Waals surface area (Å²) < 4.78 is 5.73. The number of halogens is 1. The number of hydrogen-bond acceptors (Lipinski definition) is 2. The van der Waals surface area contributed by atoms with Crippen molar-refractivity contribution in [1.29, 1.82) is 0 Å². The summed E-state index contributed by atoms with van der Waals surface area (Å²) >= 11 is 3.64. The number of hydrogen-bond donors (Lipinski definition) is 1. The first kappa shape index (κ1) is 13.3. The second kappa shape index (κ2) is 5.27. The zero-order chi connectivity index (χ0) is 12.6. The van der Waals surface area contributed by atoms with E-state index in [-0.39, 0.29) is 24.0 Å². The molecular formula is C13H22BrNO2. The molecule has 2 fully saturated rings. The van der Waals surface area contributed by atoms with Gasteiger partial charge in [0.05, 0.1) is 18.1 Å². The lowest BCUT2D eigenvalue weighted by Crippen LogP contribution is -2.44. The van der Waals surface area contributed by atoms with Gasteiger partial charge in [-0.25, -0.2) is 0 Å². The molecule has 98 valence electrons. The van der Waals surface area contributed by atoms with Gasteiger partial charge in [-0.2, -0.15) is 0 Å². The summed E-state index contributed by atoms with van der Waals surface area (Å²) in [6.07, 6.45) is 3.67. The molecule has 2 rings (SSSR count). The van der Waals surface area contributed by atoms with Gasteiger partial charge in [-0.1, -0.05) is 29.3 Å². The van der Waals surface area contributed by atoms with Crippen molar-refractivity contribution >= 4 is 21.8 Å². The summed E-state index contributed by atoms with van der Waals surface area (Å²) in [7, 11) is 0. The molecule has 0 aromatic carbocycles. The highest BCUT2D eigenvalue weighted by Gasteiger charge is 2.42. The van der Waals surface area contributed by atoms with E-state index >= 15 is 0 Å². The maximum atomic E-state index is 12.3. The second-order valence-electron chi connectivity index (χ2n) is 5.49. The molecule has 17 heavy (non-hydrogen) atoms. The van der Waals surface area contributed by atoms with Crippen LogP contribution >= 0.6 is 15.9 Å². The van der Waals surface area contributed by atoms with Crippen LogP contribution < -0.4 is 5.32 Å². The normalized spacial score (nSPS) is 46.1. The van der Waals surface area contributed by atoms with Crippen molar-refractivity contribution in [3.8, 4) is 0 Å². The fraction of sp³-hybridized carbons (Fsp3) is 0.923. The second-order valence-corrected chi connectivity index (χ2v) is 6.67. The standard InChI is InChI=1S/C13H22BrNO2/c1-7-8(2)17-9(3)12(7)13(16)15-11-6-4-5-10(11)14/h7-12H,4-6H2,1-3H3,(H,15,16). The van der Waals surface area contributed by atoms with Crippen molar-refractivity contribution < 1.29 is 9.53 Å². The Labute approximate surface area is 112 Å². The zero-order valence-electron chi connectivity index (χ0n) is 10.8. The van der Waals surface area contributed by atoms with Crippen LogP contribution in [0.1, 0.15) is 40.0 Å². The molecule has 0 bridgehead atoms. The van der Waals surface area contributed by atoms with Gasteiger partial charge in [0.25, 0.3) is 0 Å². The molecule has 0 spiro atoms. The SMILES string of the molecule is CC1OC(C)C(C(=O)NC2CCCC2Br)C1C. The van der Waals surface area contributed by atoms with E-state index in [4.69, 9.17) is 4.74 Å². The number of nitrogens with one attached hydrogen (secondary N) is 1. The first-order chi connectivity index (χ1) is 8.00. The Morgan fingerprint density at radius 2 is 1.94 bits per heavy atom. The predicted molar refractivity (Wildman–Crippen MR) is 71.2 cm³/mol. The van der Waals surface area contributed by atoms with E-state index < -0.39 is 0 Å². The van der Waals surface area contributed by atoms with Crippen molar-refractivity contribution in [2.75, 3.05) is 0 Å². The topological polar surface area (TPSA) is 38.3 Å². The lowest BCUT2D eigenvalue weighted by molar-refractivity contribution is -0.127. The zero-order valence-corrected chi connectivity index (χ0v) is 12.4. The smallest absolute Gasteiger partial charge is 0.226 e. The Bertz CT molecular complexity index is 297. The minimum absolute atomic E-state index is 0.00491. The van der Waals surface area contributed by atoms with Gasteiger partial charge in [0, 0.05) is 10.9 Å². The Balaban J connectivity index is 1.95. The molecule has 1 aliphatic heterocycles. The molecule has 0 aromatic heterocycles. The molecule has 1 aliphatic carbocycles. The average Bonchev–Trinajstić information content (AvgIpc) is 2.74.